The number of carbonyl (C=O) groups excluding carboxylic acids is 1. The Hall–Kier alpha value is -2.30. The molecule has 18 heavy (non-hydrogen) atoms. The summed E-state index contributed by atoms with van der Waals surface area (Å²) in [6.45, 7) is 2.13. The van der Waals surface area contributed by atoms with Gasteiger partial charge in [-0.3, -0.25) is 4.79 Å². The van der Waals surface area contributed by atoms with Crippen molar-refractivity contribution in [1.82, 2.24) is 15.3 Å². The molecule has 5 heteroatoms. The lowest BCUT2D eigenvalue weighted by molar-refractivity contribution is -0.120. The number of imidazole rings is 1. The van der Waals surface area contributed by atoms with Gasteiger partial charge in [0.2, 0.25) is 5.91 Å². The molecule has 1 aromatic carbocycles. The van der Waals surface area contributed by atoms with Gasteiger partial charge >= 0.3 is 0 Å². The van der Waals surface area contributed by atoms with Gasteiger partial charge in [0.25, 0.3) is 0 Å². The lowest BCUT2D eigenvalue weighted by atomic mass is 10.3. The third kappa shape index (κ3) is 3.35. The molecule has 1 aromatic heterocycles. The molecule has 0 aliphatic rings. The van der Waals surface area contributed by atoms with E-state index in [1.165, 1.54) is 0 Å². The average Bonchev–Trinajstić information content (AvgIpc) is 2.91. The van der Waals surface area contributed by atoms with E-state index in [2.05, 4.69) is 20.6 Å². The summed E-state index contributed by atoms with van der Waals surface area (Å²) in [5, 5.41) is 5.91. The smallest absolute Gasteiger partial charge is 0.239 e. The number of benzene rings is 1. The van der Waals surface area contributed by atoms with Crippen molar-refractivity contribution in [3.05, 3.63) is 48.5 Å². The van der Waals surface area contributed by atoms with Crippen LogP contribution in [-0.2, 0) is 4.79 Å². The first-order chi connectivity index (χ1) is 8.75. The van der Waals surface area contributed by atoms with E-state index in [4.69, 9.17) is 0 Å². The zero-order chi connectivity index (χ0) is 12.8. The number of para-hydroxylation sites is 1. The molecule has 1 unspecified atom stereocenters. The Bertz CT molecular complexity index is 481. The van der Waals surface area contributed by atoms with Gasteiger partial charge in [-0.25, -0.2) is 4.98 Å². The second-order valence-corrected chi connectivity index (χ2v) is 3.98. The van der Waals surface area contributed by atoms with Crippen molar-refractivity contribution in [2.75, 3.05) is 11.9 Å². The number of nitrogens with zero attached hydrogens (tertiary/aromatic N) is 1. The molecule has 0 saturated carbocycles. The Morgan fingerprint density at radius 3 is 2.83 bits per heavy atom. The Morgan fingerprint density at radius 1 is 1.39 bits per heavy atom. The number of amides is 1. The Balaban J connectivity index is 1.79. The molecular weight excluding hydrogens is 228 g/mol. The van der Waals surface area contributed by atoms with Crippen LogP contribution >= 0.6 is 0 Å². The second-order valence-electron chi connectivity index (χ2n) is 3.98. The van der Waals surface area contributed by atoms with Gasteiger partial charge in [0.15, 0.2) is 0 Å². The monoisotopic (exact) mass is 244 g/mol. The molecular formula is C13H16N4O. The molecule has 2 aromatic rings. The summed E-state index contributed by atoms with van der Waals surface area (Å²) in [5.74, 6) is 0.686. The third-order valence-electron chi connectivity index (χ3n) is 2.53. The lowest BCUT2D eigenvalue weighted by Gasteiger charge is -2.12. The molecule has 3 N–H and O–H groups in total. The van der Waals surface area contributed by atoms with E-state index in [-0.39, 0.29) is 18.5 Å². The molecule has 94 valence electrons. The van der Waals surface area contributed by atoms with Crippen LogP contribution in [0.25, 0.3) is 0 Å². The maximum atomic E-state index is 11.7. The molecule has 0 radical (unpaired) electrons. The number of aromatic nitrogens is 2. The summed E-state index contributed by atoms with van der Waals surface area (Å²) in [4.78, 5) is 18.8. The molecule has 1 heterocycles. The minimum absolute atomic E-state index is 0.0669. The first kappa shape index (κ1) is 12.2. The minimum atomic E-state index is -0.120. The zero-order valence-corrected chi connectivity index (χ0v) is 10.2. The van der Waals surface area contributed by atoms with Gasteiger partial charge in [-0.1, -0.05) is 18.2 Å². The molecule has 0 saturated heterocycles. The normalized spacial score (nSPS) is 11.8. The van der Waals surface area contributed by atoms with Crippen LogP contribution < -0.4 is 10.6 Å². The van der Waals surface area contributed by atoms with Gasteiger partial charge in [-0.05, 0) is 19.1 Å². The molecule has 1 amide bonds. The molecule has 0 bridgehead atoms. The molecule has 1 atom stereocenters. The predicted octanol–water partition coefficient (Wildman–Crippen LogP) is 1.70. The second kappa shape index (κ2) is 5.86. The van der Waals surface area contributed by atoms with E-state index in [0.717, 1.165) is 11.5 Å². The van der Waals surface area contributed by atoms with Crippen LogP contribution in [-0.4, -0.2) is 22.4 Å². The SMILES string of the molecule is CC(NC(=O)CNc1ccccc1)c1ncc[nH]1. The zero-order valence-electron chi connectivity index (χ0n) is 10.2. The summed E-state index contributed by atoms with van der Waals surface area (Å²) in [6, 6.07) is 9.50. The standard InChI is InChI=1S/C13H16N4O/c1-10(13-14-7-8-15-13)17-12(18)9-16-11-5-3-2-4-6-11/h2-8,10,16H,9H2,1H3,(H,14,15)(H,17,18). The molecule has 5 nitrogen and oxygen atoms in total. The maximum Gasteiger partial charge on any atom is 0.239 e. The first-order valence-corrected chi connectivity index (χ1v) is 5.83. The van der Waals surface area contributed by atoms with Crippen LogP contribution in [0, 0.1) is 0 Å². The van der Waals surface area contributed by atoms with Crippen LogP contribution in [0.15, 0.2) is 42.7 Å². The summed E-state index contributed by atoms with van der Waals surface area (Å²) >= 11 is 0. The van der Waals surface area contributed by atoms with Crippen molar-refractivity contribution >= 4 is 11.6 Å². The molecule has 2 rings (SSSR count). The summed E-state index contributed by atoms with van der Waals surface area (Å²) < 4.78 is 0. The molecule has 0 spiro atoms. The van der Waals surface area contributed by atoms with Gasteiger partial charge in [-0.2, -0.15) is 0 Å². The summed E-state index contributed by atoms with van der Waals surface area (Å²) in [6.07, 6.45) is 3.40. The van der Waals surface area contributed by atoms with Crippen LogP contribution in [0.3, 0.4) is 0 Å². The van der Waals surface area contributed by atoms with E-state index in [1.807, 2.05) is 37.3 Å². The molecule has 0 fully saturated rings. The number of carbonyl (C=O) groups is 1. The van der Waals surface area contributed by atoms with E-state index >= 15 is 0 Å². The van der Waals surface area contributed by atoms with E-state index in [1.54, 1.807) is 12.4 Å². The highest BCUT2D eigenvalue weighted by Crippen LogP contribution is 2.06. The summed E-state index contributed by atoms with van der Waals surface area (Å²) in [5.41, 5.74) is 0.929. The van der Waals surface area contributed by atoms with Gasteiger partial charge in [0, 0.05) is 18.1 Å². The Labute approximate surface area is 106 Å². The van der Waals surface area contributed by atoms with Crippen LogP contribution in [0.5, 0.6) is 0 Å². The number of hydrogen-bond acceptors (Lipinski definition) is 3. The van der Waals surface area contributed by atoms with Gasteiger partial charge in [-0.15, -0.1) is 0 Å². The summed E-state index contributed by atoms with van der Waals surface area (Å²) in [7, 11) is 0. The van der Waals surface area contributed by atoms with Gasteiger partial charge < -0.3 is 15.6 Å². The fraction of sp³-hybridized carbons (Fsp3) is 0.231. The van der Waals surface area contributed by atoms with Crippen molar-refractivity contribution in [2.45, 2.75) is 13.0 Å². The number of H-pyrrole nitrogens is 1. The number of aromatic amines is 1. The van der Waals surface area contributed by atoms with Crippen molar-refractivity contribution in [2.24, 2.45) is 0 Å². The third-order valence-corrected chi connectivity index (χ3v) is 2.53. The average molecular weight is 244 g/mol. The largest absolute Gasteiger partial charge is 0.376 e. The number of nitrogens with one attached hydrogen (secondary N) is 3. The Morgan fingerprint density at radius 2 is 2.17 bits per heavy atom. The predicted molar refractivity (Wildman–Crippen MR) is 70.1 cm³/mol. The van der Waals surface area contributed by atoms with Crippen molar-refractivity contribution in [3.8, 4) is 0 Å². The highest BCUT2D eigenvalue weighted by Gasteiger charge is 2.10. The van der Waals surface area contributed by atoms with Gasteiger partial charge in [0.05, 0.1) is 12.6 Å². The van der Waals surface area contributed by atoms with Crippen LogP contribution in [0.1, 0.15) is 18.8 Å². The van der Waals surface area contributed by atoms with E-state index in [9.17, 15) is 4.79 Å². The van der Waals surface area contributed by atoms with Gasteiger partial charge in [0.1, 0.15) is 5.82 Å². The lowest BCUT2D eigenvalue weighted by Crippen LogP contribution is -2.32. The Kier molecular flexibility index (Phi) is 3.96. The fourth-order valence-electron chi connectivity index (χ4n) is 1.61. The molecule has 0 aliphatic carbocycles. The maximum absolute atomic E-state index is 11.7. The van der Waals surface area contributed by atoms with Crippen molar-refractivity contribution < 1.29 is 4.79 Å². The first-order valence-electron chi connectivity index (χ1n) is 5.83. The number of anilines is 1. The van der Waals surface area contributed by atoms with E-state index < -0.39 is 0 Å². The highest BCUT2D eigenvalue weighted by atomic mass is 16.1. The van der Waals surface area contributed by atoms with Crippen molar-refractivity contribution in [1.29, 1.82) is 0 Å². The highest BCUT2D eigenvalue weighted by molar-refractivity contribution is 5.80. The minimum Gasteiger partial charge on any atom is -0.376 e. The number of rotatable bonds is 5. The number of hydrogen-bond donors (Lipinski definition) is 3. The quantitative estimate of drug-likeness (QED) is 0.749. The fourth-order valence-corrected chi connectivity index (χ4v) is 1.61. The van der Waals surface area contributed by atoms with E-state index in [0.29, 0.717) is 0 Å². The molecule has 0 aliphatic heterocycles. The van der Waals surface area contributed by atoms with Crippen molar-refractivity contribution in [3.63, 3.8) is 0 Å². The van der Waals surface area contributed by atoms with Crippen LogP contribution in [0.4, 0.5) is 5.69 Å². The topological polar surface area (TPSA) is 69.8 Å². The van der Waals surface area contributed by atoms with Crippen LogP contribution in [0.2, 0.25) is 0 Å².